The van der Waals surface area contributed by atoms with Crippen molar-refractivity contribution in [3.05, 3.63) is 46.7 Å². The molecule has 0 radical (unpaired) electrons. The first kappa shape index (κ1) is 14.3. The standard InChI is InChI=1S/C13H9Cl2N5S/c14-8-5-9(15)13(19-11(8)20-16)21-12-7-3-1-2-4-10(7)17-6-18-12/h1-6H,16H2,(H,19,20). The van der Waals surface area contributed by atoms with E-state index in [1.54, 1.807) is 6.07 Å². The number of aromatic nitrogens is 3. The number of nitrogens with zero attached hydrogens (tertiary/aromatic N) is 3. The first-order valence-corrected chi connectivity index (χ1v) is 7.46. The summed E-state index contributed by atoms with van der Waals surface area (Å²) in [5.41, 5.74) is 3.30. The van der Waals surface area contributed by atoms with Crippen molar-refractivity contribution in [3.8, 4) is 0 Å². The molecule has 0 fully saturated rings. The van der Waals surface area contributed by atoms with Crippen molar-refractivity contribution in [1.82, 2.24) is 15.0 Å². The van der Waals surface area contributed by atoms with E-state index in [0.29, 0.717) is 20.9 Å². The molecule has 0 unspecified atom stereocenters. The first-order chi connectivity index (χ1) is 10.2. The van der Waals surface area contributed by atoms with E-state index in [0.717, 1.165) is 15.9 Å². The van der Waals surface area contributed by atoms with Crippen LogP contribution in [0.2, 0.25) is 10.0 Å². The number of nitrogens with two attached hydrogens (primary N) is 1. The highest BCUT2D eigenvalue weighted by Crippen LogP contribution is 2.36. The molecule has 0 amide bonds. The zero-order valence-electron chi connectivity index (χ0n) is 10.5. The predicted molar refractivity (Wildman–Crippen MR) is 85.7 cm³/mol. The van der Waals surface area contributed by atoms with Gasteiger partial charge in [-0.25, -0.2) is 20.8 Å². The van der Waals surface area contributed by atoms with Crippen LogP contribution in [0.3, 0.4) is 0 Å². The van der Waals surface area contributed by atoms with Crippen LogP contribution in [-0.2, 0) is 0 Å². The van der Waals surface area contributed by atoms with Crippen LogP contribution in [0.4, 0.5) is 5.82 Å². The third kappa shape index (κ3) is 2.89. The fourth-order valence-electron chi connectivity index (χ4n) is 1.78. The molecule has 3 aromatic rings. The molecule has 5 nitrogen and oxygen atoms in total. The number of nitrogen functional groups attached to an aromatic ring is 1. The van der Waals surface area contributed by atoms with E-state index in [4.69, 9.17) is 29.0 Å². The highest BCUT2D eigenvalue weighted by atomic mass is 35.5. The van der Waals surface area contributed by atoms with Crippen LogP contribution in [0.15, 0.2) is 46.7 Å². The van der Waals surface area contributed by atoms with E-state index >= 15 is 0 Å². The Labute approximate surface area is 134 Å². The molecule has 8 heteroatoms. The summed E-state index contributed by atoms with van der Waals surface area (Å²) in [6.07, 6.45) is 1.51. The SMILES string of the molecule is NNc1nc(Sc2ncnc3ccccc23)c(Cl)cc1Cl. The van der Waals surface area contributed by atoms with Gasteiger partial charge in [0.15, 0.2) is 5.82 Å². The summed E-state index contributed by atoms with van der Waals surface area (Å²) in [4.78, 5) is 12.8. The van der Waals surface area contributed by atoms with Crippen molar-refractivity contribution in [3.63, 3.8) is 0 Å². The van der Waals surface area contributed by atoms with Crippen molar-refractivity contribution in [2.75, 3.05) is 5.43 Å². The van der Waals surface area contributed by atoms with E-state index in [1.807, 2.05) is 24.3 Å². The van der Waals surface area contributed by atoms with Gasteiger partial charge in [-0.1, -0.05) is 41.4 Å². The van der Waals surface area contributed by atoms with Gasteiger partial charge >= 0.3 is 0 Å². The lowest BCUT2D eigenvalue weighted by Crippen LogP contribution is -2.09. The van der Waals surface area contributed by atoms with Gasteiger partial charge in [0.1, 0.15) is 16.4 Å². The maximum Gasteiger partial charge on any atom is 0.160 e. The summed E-state index contributed by atoms with van der Waals surface area (Å²) in [5, 5.41) is 3.06. The highest BCUT2D eigenvalue weighted by Gasteiger charge is 2.12. The Morgan fingerprint density at radius 1 is 1.05 bits per heavy atom. The molecule has 0 saturated heterocycles. The number of anilines is 1. The number of fused-ring (bicyclic) bond motifs is 1. The Balaban J connectivity index is 2.07. The number of hydrogen-bond donors (Lipinski definition) is 2. The Bertz CT molecular complexity index is 806. The number of benzene rings is 1. The molecule has 0 spiro atoms. The van der Waals surface area contributed by atoms with Gasteiger partial charge in [-0.15, -0.1) is 0 Å². The van der Waals surface area contributed by atoms with Crippen molar-refractivity contribution in [2.24, 2.45) is 5.84 Å². The molecule has 2 heterocycles. The molecule has 0 aliphatic rings. The minimum Gasteiger partial charge on any atom is -0.307 e. The molecule has 0 atom stereocenters. The van der Waals surface area contributed by atoms with Crippen LogP contribution >= 0.6 is 35.0 Å². The lowest BCUT2D eigenvalue weighted by atomic mass is 10.2. The average Bonchev–Trinajstić information content (AvgIpc) is 2.50. The Kier molecular flexibility index (Phi) is 4.12. The molecule has 2 aromatic heterocycles. The molecule has 0 aliphatic carbocycles. The number of hydrazine groups is 1. The fourth-order valence-corrected chi connectivity index (χ4v) is 3.16. The first-order valence-electron chi connectivity index (χ1n) is 5.89. The molecule has 21 heavy (non-hydrogen) atoms. The number of hydrogen-bond acceptors (Lipinski definition) is 6. The number of nitrogens with one attached hydrogen (secondary N) is 1. The van der Waals surface area contributed by atoms with Crippen LogP contribution in [0.25, 0.3) is 10.9 Å². The Morgan fingerprint density at radius 2 is 1.86 bits per heavy atom. The fraction of sp³-hybridized carbons (Fsp3) is 0. The van der Waals surface area contributed by atoms with E-state index in [-0.39, 0.29) is 0 Å². The normalized spacial score (nSPS) is 10.8. The summed E-state index contributed by atoms with van der Waals surface area (Å²) in [5.74, 6) is 5.74. The average molecular weight is 338 g/mol. The second-order valence-electron chi connectivity index (χ2n) is 4.05. The lowest BCUT2D eigenvalue weighted by molar-refractivity contribution is 1.07. The van der Waals surface area contributed by atoms with Crippen LogP contribution in [0.5, 0.6) is 0 Å². The third-order valence-corrected chi connectivity index (χ3v) is 4.45. The van der Waals surface area contributed by atoms with Gasteiger partial charge in [0.25, 0.3) is 0 Å². The lowest BCUT2D eigenvalue weighted by Gasteiger charge is -2.08. The summed E-state index contributed by atoms with van der Waals surface area (Å²) >= 11 is 13.5. The smallest absolute Gasteiger partial charge is 0.160 e. The summed E-state index contributed by atoms with van der Waals surface area (Å²) in [7, 11) is 0. The monoisotopic (exact) mass is 337 g/mol. The van der Waals surface area contributed by atoms with Crippen LogP contribution in [0.1, 0.15) is 0 Å². The largest absolute Gasteiger partial charge is 0.307 e. The zero-order valence-corrected chi connectivity index (χ0v) is 12.9. The molecular formula is C13H9Cl2N5S. The highest BCUT2D eigenvalue weighted by molar-refractivity contribution is 7.99. The molecule has 0 saturated carbocycles. The maximum absolute atomic E-state index is 6.18. The van der Waals surface area contributed by atoms with Gasteiger partial charge in [0.2, 0.25) is 0 Å². The second-order valence-corrected chi connectivity index (χ2v) is 5.84. The van der Waals surface area contributed by atoms with Crippen LogP contribution < -0.4 is 11.3 Å². The van der Waals surface area contributed by atoms with Crippen LogP contribution in [-0.4, -0.2) is 15.0 Å². The Morgan fingerprint density at radius 3 is 2.67 bits per heavy atom. The third-order valence-electron chi connectivity index (χ3n) is 2.73. The quantitative estimate of drug-likeness (QED) is 0.430. The van der Waals surface area contributed by atoms with Gasteiger partial charge < -0.3 is 5.43 Å². The van der Waals surface area contributed by atoms with Crippen molar-refractivity contribution in [2.45, 2.75) is 10.1 Å². The number of pyridine rings is 1. The van der Waals surface area contributed by atoms with Gasteiger partial charge in [0.05, 0.1) is 15.6 Å². The van der Waals surface area contributed by atoms with Gasteiger partial charge in [-0.05, 0) is 23.9 Å². The molecular weight excluding hydrogens is 329 g/mol. The second kappa shape index (κ2) is 6.03. The molecule has 3 N–H and O–H groups in total. The van der Waals surface area contributed by atoms with Crippen molar-refractivity contribution in [1.29, 1.82) is 0 Å². The van der Waals surface area contributed by atoms with E-state index in [9.17, 15) is 0 Å². The van der Waals surface area contributed by atoms with E-state index < -0.39 is 0 Å². The van der Waals surface area contributed by atoms with Gasteiger partial charge in [-0.3, -0.25) is 0 Å². The minimum absolute atomic E-state index is 0.361. The minimum atomic E-state index is 0.361. The number of halogens is 2. The van der Waals surface area contributed by atoms with Gasteiger partial charge in [-0.2, -0.15) is 0 Å². The van der Waals surface area contributed by atoms with Crippen molar-refractivity contribution >= 4 is 51.7 Å². The summed E-state index contributed by atoms with van der Waals surface area (Å²) in [6, 6.07) is 9.32. The van der Waals surface area contributed by atoms with Gasteiger partial charge in [0, 0.05) is 5.39 Å². The van der Waals surface area contributed by atoms with Crippen molar-refractivity contribution < 1.29 is 0 Å². The molecule has 1 aromatic carbocycles. The number of para-hydroxylation sites is 1. The van der Waals surface area contributed by atoms with Crippen LogP contribution in [0, 0.1) is 0 Å². The summed E-state index contributed by atoms with van der Waals surface area (Å²) < 4.78 is 0. The Hall–Kier alpha value is -1.60. The molecule has 0 aliphatic heterocycles. The van der Waals surface area contributed by atoms with E-state index in [1.165, 1.54) is 18.1 Å². The number of rotatable bonds is 3. The zero-order chi connectivity index (χ0) is 14.8. The summed E-state index contributed by atoms with van der Waals surface area (Å²) in [6.45, 7) is 0. The molecule has 106 valence electrons. The predicted octanol–water partition coefficient (Wildman–Crippen LogP) is 3.77. The topological polar surface area (TPSA) is 76.7 Å². The molecule has 0 bridgehead atoms. The maximum atomic E-state index is 6.18. The van der Waals surface area contributed by atoms with E-state index in [2.05, 4.69) is 20.4 Å². The molecule has 3 rings (SSSR count).